The first kappa shape index (κ1) is 18.8. The van der Waals surface area contributed by atoms with E-state index in [2.05, 4.69) is 15.2 Å². The van der Waals surface area contributed by atoms with E-state index in [0.29, 0.717) is 12.6 Å². The van der Waals surface area contributed by atoms with Gasteiger partial charge < -0.3 is 15.2 Å². The SMILES string of the molecule is Cc1cc(/C=C(\C#N)C(=O)NCCNC(=O)C(C)C)c(C)n1C1CC1. The van der Waals surface area contributed by atoms with Gasteiger partial charge in [0, 0.05) is 36.4 Å². The molecule has 2 rings (SSSR count). The molecule has 0 atom stereocenters. The maximum absolute atomic E-state index is 12.2. The molecule has 1 aromatic heterocycles. The van der Waals surface area contributed by atoms with Crippen molar-refractivity contribution in [2.75, 3.05) is 13.1 Å². The maximum Gasteiger partial charge on any atom is 0.262 e. The Morgan fingerprint density at radius 3 is 2.52 bits per heavy atom. The van der Waals surface area contributed by atoms with E-state index in [1.54, 1.807) is 6.08 Å². The lowest BCUT2D eigenvalue weighted by Gasteiger charge is -2.08. The molecule has 1 heterocycles. The third kappa shape index (κ3) is 4.72. The summed E-state index contributed by atoms with van der Waals surface area (Å²) in [5, 5.41) is 14.7. The molecule has 0 saturated heterocycles. The molecule has 0 unspecified atom stereocenters. The number of hydrogen-bond donors (Lipinski definition) is 2. The van der Waals surface area contributed by atoms with Crippen molar-refractivity contribution in [3.63, 3.8) is 0 Å². The number of aromatic nitrogens is 1. The van der Waals surface area contributed by atoms with Crippen LogP contribution in [0.25, 0.3) is 6.08 Å². The number of aryl methyl sites for hydroxylation is 1. The van der Waals surface area contributed by atoms with E-state index in [1.165, 1.54) is 12.8 Å². The van der Waals surface area contributed by atoms with Gasteiger partial charge in [0.1, 0.15) is 11.6 Å². The Balaban J connectivity index is 1.98. The van der Waals surface area contributed by atoms with Crippen molar-refractivity contribution in [1.29, 1.82) is 5.26 Å². The fraction of sp³-hybridized carbons (Fsp3) is 0.526. The molecule has 0 radical (unpaired) electrons. The Bertz CT molecular complexity index is 733. The van der Waals surface area contributed by atoms with Crippen molar-refractivity contribution in [3.05, 3.63) is 28.6 Å². The fourth-order valence-corrected chi connectivity index (χ4v) is 2.81. The monoisotopic (exact) mass is 342 g/mol. The van der Waals surface area contributed by atoms with Crippen LogP contribution in [0.15, 0.2) is 11.6 Å². The summed E-state index contributed by atoms with van der Waals surface area (Å²) in [6, 6.07) is 4.55. The normalized spacial score (nSPS) is 14.3. The van der Waals surface area contributed by atoms with Crippen molar-refractivity contribution in [2.45, 2.75) is 46.6 Å². The summed E-state index contributed by atoms with van der Waals surface area (Å²) in [7, 11) is 0. The van der Waals surface area contributed by atoms with Gasteiger partial charge in [-0.15, -0.1) is 0 Å². The molecule has 1 saturated carbocycles. The van der Waals surface area contributed by atoms with Gasteiger partial charge in [0.25, 0.3) is 5.91 Å². The number of nitriles is 1. The molecule has 6 heteroatoms. The number of nitrogens with one attached hydrogen (secondary N) is 2. The molecule has 1 aromatic rings. The van der Waals surface area contributed by atoms with Crippen LogP contribution >= 0.6 is 0 Å². The van der Waals surface area contributed by atoms with E-state index in [0.717, 1.165) is 17.0 Å². The van der Waals surface area contributed by atoms with Gasteiger partial charge in [-0.1, -0.05) is 13.8 Å². The average molecular weight is 342 g/mol. The van der Waals surface area contributed by atoms with E-state index in [9.17, 15) is 14.9 Å². The first-order valence-corrected chi connectivity index (χ1v) is 8.71. The van der Waals surface area contributed by atoms with Gasteiger partial charge >= 0.3 is 0 Å². The summed E-state index contributed by atoms with van der Waals surface area (Å²) in [6.45, 7) is 8.32. The molecule has 1 fully saturated rings. The van der Waals surface area contributed by atoms with E-state index in [1.807, 2.05) is 39.8 Å². The van der Waals surface area contributed by atoms with Gasteiger partial charge in [-0.2, -0.15) is 5.26 Å². The highest BCUT2D eigenvalue weighted by molar-refractivity contribution is 6.01. The number of carbonyl (C=O) groups is 2. The van der Waals surface area contributed by atoms with Crippen molar-refractivity contribution >= 4 is 17.9 Å². The topological polar surface area (TPSA) is 86.9 Å². The van der Waals surface area contributed by atoms with Crippen LogP contribution in [0.3, 0.4) is 0 Å². The Hall–Kier alpha value is -2.55. The molecule has 0 bridgehead atoms. The quantitative estimate of drug-likeness (QED) is 0.452. The highest BCUT2D eigenvalue weighted by atomic mass is 16.2. The lowest BCUT2D eigenvalue weighted by Crippen LogP contribution is -2.36. The van der Waals surface area contributed by atoms with Gasteiger partial charge in [-0.25, -0.2) is 0 Å². The molecular weight excluding hydrogens is 316 g/mol. The molecule has 1 aliphatic rings. The molecule has 134 valence electrons. The maximum atomic E-state index is 12.2. The Labute approximate surface area is 148 Å². The highest BCUT2D eigenvalue weighted by Gasteiger charge is 2.26. The van der Waals surface area contributed by atoms with Crippen LogP contribution in [0.4, 0.5) is 0 Å². The minimum Gasteiger partial charge on any atom is -0.354 e. The summed E-state index contributed by atoms with van der Waals surface area (Å²) < 4.78 is 2.28. The Morgan fingerprint density at radius 1 is 1.32 bits per heavy atom. The second kappa shape index (κ2) is 8.02. The smallest absolute Gasteiger partial charge is 0.262 e. The van der Waals surface area contributed by atoms with Gasteiger partial charge in [-0.05, 0) is 44.4 Å². The zero-order valence-electron chi connectivity index (χ0n) is 15.3. The van der Waals surface area contributed by atoms with Crippen LogP contribution in [-0.2, 0) is 9.59 Å². The number of amides is 2. The van der Waals surface area contributed by atoms with Gasteiger partial charge in [0.15, 0.2) is 0 Å². The van der Waals surface area contributed by atoms with Crippen molar-refractivity contribution < 1.29 is 9.59 Å². The predicted octanol–water partition coefficient (Wildman–Crippen LogP) is 2.24. The highest BCUT2D eigenvalue weighted by Crippen LogP contribution is 2.38. The molecule has 0 spiro atoms. The van der Waals surface area contributed by atoms with Crippen LogP contribution in [0.1, 0.15) is 49.7 Å². The zero-order valence-corrected chi connectivity index (χ0v) is 15.3. The van der Waals surface area contributed by atoms with Crippen LogP contribution in [-0.4, -0.2) is 29.5 Å². The van der Waals surface area contributed by atoms with Crippen LogP contribution < -0.4 is 10.6 Å². The molecule has 6 nitrogen and oxygen atoms in total. The first-order valence-electron chi connectivity index (χ1n) is 8.71. The van der Waals surface area contributed by atoms with Gasteiger partial charge in [0.05, 0.1) is 0 Å². The zero-order chi connectivity index (χ0) is 18.6. The third-order valence-electron chi connectivity index (χ3n) is 4.33. The number of nitrogens with zero attached hydrogens (tertiary/aromatic N) is 2. The molecule has 0 aromatic carbocycles. The molecule has 1 aliphatic carbocycles. The van der Waals surface area contributed by atoms with Crippen LogP contribution in [0, 0.1) is 31.1 Å². The minimum absolute atomic E-state index is 0.0576. The van der Waals surface area contributed by atoms with Crippen LogP contribution in [0.5, 0.6) is 0 Å². The second-order valence-corrected chi connectivity index (χ2v) is 6.80. The number of carbonyl (C=O) groups excluding carboxylic acids is 2. The Kier molecular flexibility index (Phi) is 6.02. The summed E-state index contributed by atoms with van der Waals surface area (Å²) in [5.74, 6) is -0.567. The molecule has 25 heavy (non-hydrogen) atoms. The van der Waals surface area contributed by atoms with Gasteiger partial charge in [0.2, 0.25) is 5.91 Å². The number of rotatable bonds is 7. The summed E-state index contributed by atoms with van der Waals surface area (Å²) in [5.41, 5.74) is 3.22. The summed E-state index contributed by atoms with van der Waals surface area (Å²) in [4.78, 5) is 23.6. The molecular formula is C19H26N4O2. The van der Waals surface area contributed by atoms with E-state index in [-0.39, 0.29) is 23.9 Å². The molecule has 2 N–H and O–H groups in total. The van der Waals surface area contributed by atoms with E-state index >= 15 is 0 Å². The van der Waals surface area contributed by atoms with Crippen molar-refractivity contribution in [3.8, 4) is 6.07 Å². The van der Waals surface area contributed by atoms with Crippen molar-refractivity contribution in [1.82, 2.24) is 15.2 Å². The van der Waals surface area contributed by atoms with Crippen molar-refractivity contribution in [2.24, 2.45) is 5.92 Å². The molecule has 0 aliphatic heterocycles. The first-order chi connectivity index (χ1) is 11.8. The Morgan fingerprint density at radius 2 is 1.96 bits per heavy atom. The summed E-state index contributed by atoms with van der Waals surface area (Å²) >= 11 is 0. The third-order valence-corrected chi connectivity index (χ3v) is 4.33. The largest absolute Gasteiger partial charge is 0.354 e. The lowest BCUT2D eigenvalue weighted by molar-refractivity contribution is -0.124. The minimum atomic E-state index is -0.419. The van der Waals surface area contributed by atoms with E-state index < -0.39 is 5.91 Å². The molecule has 2 amide bonds. The fourth-order valence-electron chi connectivity index (χ4n) is 2.81. The summed E-state index contributed by atoms with van der Waals surface area (Å²) in [6.07, 6.45) is 4.02. The second-order valence-electron chi connectivity index (χ2n) is 6.80. The average Bonchev–Trinajstić information content (AvgIpc) is 3.35. The van der Waals surface area contributed by atoms with E-state index in [4.69, 9.17) is 0 Å². The van der Waals surface area contributed by atoms with Crippen LogP contribution in [0.2, 0.25) is 0 Å². The standard InChI is InChI=1S/C19H26N4O2/c1-12(2)18(24)21-7-8-22-19(25)16(11-20)10-15-9-13(3)23(14(15)4)17-5-6-17/h9-10,12,17H,5-8H2,1-4H3,(H,21,24)(H,22,25)/b16-10+. The predicted molar refractivity (Wildman–Crippen MR) is 96.6 cm³/mol. The van der Waals surface area contributed by atoms with Gasteiger partial charge in [-0.3, -0.25) is 9.59 Å². The number of hydrogen-bond acceptors (Lipinski definition) is 3. The lowest BCUT2D eigenvalue weighted by atomic mass is 10.1.